The second-order valence-corrected chi connectivity index (χ2v) is 20.2. The number of carbonyl (C=O) groups is 2. The van der Waals surface area contributed by atoms with Crippen LogP contribution in [0.1, 0.15) is 103 Å². The van der Waals surface area contributed by atoms with E-state index < -0.39 is 71.0 Å². The Morgan fingerprint density at radius 2 is 1.57 bits per heavy atom. The summed E-state index contributed by atoms with van der Waals surface area (Å²) in [6.45, 7) is 12.9. The van der Waals surface area contributed by atoms with Crippen LogP contribution in [0.15, 0.2) is 35.9 Å². The van der Waals surface area contributed by atoms with Gasteiger partial charge in [-0.3, -0.25) is 4.79 Å². The molecule has 7 rings (SSSR count). The van der Waals surface area contributed by atoms with E-state index in [1.54, 1.807) is 7.05 Å². The van der Waals surface area contributed by atoms with Crippen LogP contribution < -0.4 is 5.32 Å². The first-order valence-corrected chi connectivity index (χ1v) is 20.7. The van der Waals surface area contributed by atoms with E-state index in [9.17, 15) is 45.3 Å². The average Bonchev–Trinajstić information content (AvgIpc) is 3.15. The van der Waals surface area contributed by atoms with Crippen LogP contribution in [0.25, 0.3) is 0 Å². The highest BCUT2D eigenvalue weighted by Crippen LogP contribution is 2.76. The van der Waals surface area contributed by atoms with Gasteiger partial charge in [-0.15, -0.1) is 0 Å². The molecule has 1 aromatic rings. The van der Waals surface area contributed by atoms with Crippen LogP contribution in [-0.2, 0) is 14.3 Å². The van der Waals surface area contributed by atoms with Crippen LogP contribution in [0.3, 0.4) is 0 Å². The minimum absolute atomic E-state index is 0.0326. The standard InChI is InChI=1S/C44H65NO11/c1-39(2)18-25-24-12-13-29-40(3)16-15-31(55-38-35(52)33(50)34(51)36(56-38)37(53)54)41(4,21-46)28(40)14-17-42(29,5)43(24,6)20-30(48)44(25,22-47)26(19-39)32(49)23-10-8-9-11-27(23)45-7/h8-12,25-26,28-31,33-36,38,45-48,50-52H,13-22H2,1-7H3,(H,53,54)/t25-,26+,28+,29+,30-,31-,33-,34-,35+,36-,38+,40-,41-,42+,43+,44+/m0/s1. The van der Waals surface area contributed by atoms with Gasteiger partial charge in [-0.05, 0) is 103 Å². The zero-order valence-corrected chi connectivity index (χ0v) is 34.1. The number of allylic oxidation sites excluding steroid dienone is 2. The van der Waals surface area contributed by atoms with E-state index in [4.69, 9.17) is 9.47 Å². The van der Waals surface area contributed by atoms with Crippen molar-refractivity contribution in [2.45, 2.75) is 136 Å². The molecule has 1 heterocycles. The summed E-state index contributed by atoms with van der Waals surface area (Å²) in [4.78, 5) is 26.5. The van der Waals surface area contributed by atoms with Gasteiger partial charge in [0.2, 0.25) is 0 Å². The molecule has 8 N–H and O–H groups in total. The molecule has 0 amide bonds. The van der Waals surface area contributed by atoms with Crippen molar-refractivity contribution < 1.29 is 54.8 Å². The van der Waals surface area contributed by atoms with Crippen molar-refractivity contribution in [2.75, 3.05) is 25.6 Å². The maximum atomic E-state index is 14.7. The fourth-order valence-corrected chi connectivity index (χ4v) is 14.0. The summed E-state index contributed by atoms with van der Waals surface area (Å²) in [5.74, 6) is -2.20. The maximum absolute atomic E-state index is 14.7. The topological polar surface area (TPSA) is 206 Å². The first kappa shape index (κ1) is 41.7. The molecule has 4 saturated carbocycles. The Bertz CT molecular complexity index is 1730. The van der Waals surface area contributed by atoms with Gasteiger partial charge in [0, 0.05) is 35.0 Å². The molecule has 0 spiro atoms. The highest BCUT2D eigenvalue weighted by molar-refractivity contribution is 6.03. The fourth-order valence-electron chi connectivity index (χ4n) is 14.0. The Kier molecular flexibility index (Phi) is 10.5. The Hall–Kier alpha value is -2.42. The Balaban J connectivity index is 1.23. The number of aliphatic hydroxyl groups excluding tert-OH is 6. The third-order valence-electron chi connectivity index (χ3n) is 17.2. The molecule has 5 fully saturated rings. The van der Waals surface area contributed by atoms with Crippen LogP contribution >= 0.6 is 0 Å². The SMILES string of the molecule is CNc1ccccc1C(=O)[C@H]1CC(C)(C)C[C@H]2C3=CC[C@@H]4[C@@]5(C)CC[C@H](O[C@@H]6O[C@H](C(=O)O)[C@@H](O)[C@H](O)[C@H]6O)[C@@](C)(CO)[C@@H]5CC[C@@]4(C)[C@]3(C)C[C@H](O)[C@@]12CO. The number of hydrogen-bond acceptors (Lipinski definition) is 11. The maximum Gasteiger partial charge on any atom is 0.335 e. The molecule has 312 valence electrons. The van der Waals surface area contributed by atoms with Gasteiger partial charge >= 0.3 is 5.97 Å². The van der Waals surface area contributed by atoms with E-state index in [1.807, 2.05) is 31.2 Å². The first-order chi connectivity index (χ1) is 26.2. The van der Waals surface area contributed by atoms with Gasteiger partial charge in [-0.2, -0.15) is 0 Å². The highest BCUT2D eigenvalue weighted by Gasteiger charge is 2.72. The second kappa shape index (κ2) is 14.1. The number of fused-ring (bicyclic) bond motifs is 7. The fraction of sp³-hybridized carbons (Fsp3) is 0.773. The number of rotatable bonds is 8. The number of ether oxygens (including phenoxy) is 2. The van der Waals surface area contributed by atoms with E-state index in [2.05, 4.69) is 46.0 Å². The summed E-state index contributed by atoms with van der Waals surface area (Å²) in [6.07, 6.45) is -2.53. The highest BCUT2D eigenvalue weighted by atomic mass is 16.7. The van der Waals surface area contributed by atoms with Crippen molar-refractivity contribution in [2.24, 2.45) is 56.2 Å². The molecule has 16 atom stereocenters. The Labute approximate surface area is 330 Å². The van der Waals surface area contributed by atoms with Crippen LogP contribution in [0, 0.1) is 56.2 Å². The lowest BCUT2D eigenvalue weighted by Gasteiger charge is -2.72. The summed E-state index contributed by atoms with van der Waals surface area (Å²) in [5.41, 5.74) is -0.512. The third-order valence-corrected chi connectivity index (χ3v) is 17.2. The van der Waals surface area contributed by atoms with Crippen LogP contribution in [0.5, 0.6) is 0 Å². The summed E-state index contributed by atoms with van der Waals surface area (Å²) < 4.78 is 11.9. The molecule has 1 saturated heterocycles. The van der Waals surface area contributed by atoms with Crippen molar-refractivity contribution in [3.63, 3.8) is 0 Å². The minimum atomic E-state index is -1.83. The monoisotopic (exact) mass is 783 g/mol. The molecule has 1 aromatic carbocycles. The molecule has 0 bridgehead atoms. The summed E-state index contributed by atoms with van der Waals surface area (Å²) >= 11 is 0. The first-order valence-electron chi connectivity index (χ1n) is 20.7. The normalized spacial score (nSPS) is 48.3. The molecule has 1 aliphatic heterocycles. The zero-order chi connectivity index (χ0) is 41.0. The van der Waals surface area contributed by atoms with E-state index in [1.165, 1.54) is 5.57 Å². The summed E-state index contributed by atoms with van der Waals surface area (Å²) in [5, 5.41) is 79.7. The number of aliphatic carboxylic acids is 1. The number of aliphatic hydroxyl groups is 6. The quantitative estimate of drug-likeness (QED) is 0.106. The summed E-state index contributed by atoms with van der Waals surface area (Å²) in [6, 6.07) is 7.48. The Morgan fingerprint density at radius 1 is 0.875 bits per heavy atom. The number of nitrogens with one attached hydrogen (secondary N) is 1. The molecule has 6 aliphatic rings. The second-order valence-electron chi connectivity index (χ2n) is 20.2. The van der Waals surface area contributed by atoms with E-state index in [0.717, 1.165) is 37.8 Å². The molecule has 12 nitrogen and oxygen atoms in total. The molecule has 56 heavy (non-hydrogen) atoms. The van der Waals surface area contributed by atoms with Gasteiger partial charge in [-0.25, -0.2) is 4.79 Å². The number of Topliss-reactive ketones (excluding diaryl/α,β-unsaturated/α-hetero) is 1. The van der Waals surface area contributed by atoms with Gasteiger partial charge in [0.05, 0.1) is 25.4 Å². The van der Waals surface area contributed by atoms with Gasteiger partial charge in [0.1, 0.15) is 18.3 Å². The number of anilines is 1. The number of carboxylic acid groups (broad SMARTS) is 1. The van der Waals surface area contributed by atoms with Crippen molar-refractivity contribution in [1.29, 1.82) is 0 Å². The van der Waals surface area contributed by atoms with Crippen LogP contribution in [0.2, 0.25) is 0 Å². The number of carbonyl (C=O) groups excluding carboxylic acids is 1. The predicted octanol–water partition coefficient (Wildman–Crippen LogP) is 4.15. The molecule has 0 aromatic heterocycles. The number of hydrogen-bond donors (Lipinski definition) is 8. The molecule has 0 unspecified atom stereocenters. The number of benzene rings is 1. The number of para-hydroxylation sites is 1. The van der Waals surface area contributed by atoms with Gasteiger partial charge < -0.3 is 50.5 Å². The minimum Gasteiger partial charge on any atom is -0.479 e. The van der Waals surface area contributed by atoms with Crippen LogP contribution in [-0.4, -0.2) is 111 Å². The van der Waals surface area contributed by atoms with E-state index in [-0.39, 0.29) is 53.0 Å². The van der Waals surface area contributed by atoms with Gasteiger partial charge in [0.15, 0.2) is 18.2 Å². The molecule has 12 heteroatoms. The lowest BCUT2D eigenvalue weighted by atomic mass is 9.32. The van der Waals surface area contributed by atoms with Gasteiger partial charge in [0.25, 0.3) is 0 Å². The molecule has 5 aliphatic carbocycles. The van der Waals surface area contributed by atoms with Gasteiger partial charge in [-0.1, -0.05) is 65.3 Å². The zero-order valence-electron chi connectivity index (χ0n) is 34.1. The average molecular weight is 784 g/mol. The van der Waals surface area contributed by atoms with Crippen molar-refractivity contribution in [1.82, 2.24) is 0 Å². The predicted molar refractivity (Wildman–Crippen MR) is 207 cm³/mol. The third kappa shape index (κ3) is 5.74. The van der Waals surface area contributed by atoms with Crippen molar-refractivity contribution in [3.8, 4) is 0 Å². The van der Waals surface area contributed by atoms with Crippen LogP contribution in [0.4, 0.5) is 5.69 Å². The molecular formula is C44H65NO11. The largest absolute Gasteiger partial charge is 0.479 e. The molecule has 0 radical (unpaired) electrons. The van der Waals surface area contributed by atoms with E-state index >= 15 is 0 Å². The number of ketones is 1. The molecular weight excluding hydrogens is 718 g/mol. The van der Waals surface area contributed by atoms with Crippen molar-refractivity contribution >= 4 is 17.4 Å². The van der Waals surface area contributed by atoms with E-state index in [0.29, 0.717) is 24.8 Å². The summed E-state index contributed by atoms with van der Waals surface area (Å²) in [7, 11) is 1.80. The smallest absolute Gasteiger partial charge is 0.335 e. The Morgan fingerprint density at radius 3 is 2.21 bits per heavy atom. The lowest BCUT2D eigenvalue weighted by Crippen LogP contribution is -2.69. The number of carboxylic acids is 1. The van der Waals surface area contributed by atoms with Crippen molar-refractivity contribution in [3.05, 3.63) is 41.5 Å². The lowest BCUT2D eigenvalue weighted by molar-refractivity contribution is -0.327.